The lowest BCUT2D eigenvalue weighted by atomic mass is 9.89. The highest BCUT2D eigenvalue weighted by molar-refractivity contribution is 5.93. The van der Waals surface area contributed by atoms with Crippen molar-refractivity contribution in [2.45, 2.75) is 37.8 Å². The molecule has 0 spiro atoms. The molecule has 2 fully saturated rings. The molecule has 2 aromatic heterocycles. The van der Waals surface area contributed by atoms with Crippen LogP contribution < -0.4 is 4.74 Å². The third-order valence-electron chi connectivity index (χ3n) is 7.75. The number of rotatable bonds is 5. The number of nitrogens with zero attached hydrogens (tertiary/aromatic N) is 5. The first kappa shape index (κ1) is 22.3. The first-order valence-corrected chi connectivity index (χ1v) is 12.8. The van der Waals surface area contributed by atoms with Gasteiger partial charge in [0.25, 0.3) is 0 Å². The lowest BCUT2D eigenvalue weighted by Gasteiger charge is -2.41. The molecule has 6 nitrogen and oxygen atoms in total. The van der Waals surface area contributed by atoms with Gasteiger partial charge in [-0.15, -0.1) is 0 Å². The van der Waals surface area contributed by atoms with Crippen molar-refractivity contribution in [3.63, 3.8) is 0 Å². The third-order valence-corrected chi connectivity index (χ3v) is 7.75. The van der Waals surface area contributed by atoms with Crippen molar-refractivity contribution in [3.8, 4) is 22.6 Å². The van der Waals surface area contributed by atoms with Crippen LogP contribution in [0.1, 0.15) is 31.7 Å². The van der Waals surface area contributed by atoms with E-state index in [0.717, 1.165) is 34.1 Å². The largest absolute Gasteiger partial charge is 0.457 e. The van der Waals surface area contributed by atoms with Crippen molar-refractivity contribution in [1.82, 2.24) is 24.3 Å². The summed E-state index contributed by atoms with van der Waals surface area (Å²) in [5, 5.41) is 1.12. The Morgan fingerprint density at radius 1 is 0.800 bits per heavy atom. The van der Waals surface area contributed by atoms with Crippen molar-refractivity contribution in [2.75, 3.05) is 33.2 Å². The number of hydrogen-bond donors (Lipinski definition) is 0. The van der Waals surface area contributed by atoms with E-state index in [1.165, 1.54) is 57.4 Å². The van der Waals surface area contributed by atoms with Gasteiger partial charge in [0.2, 0.25) is 0 Å². The Morgan fingerprint density at radius 3 is 2.23 bits per heavy atom. The molecule has 2 aromatic carbocycles. The maximum Gasteiger partial charge on any atom is 0.144 e. The van der Waals surface area contributed by atoms with Crippen LogP contribution in [0.15, 0.2) is 73.3 Å². The predicted octanol–water partition coefficient (Wildman–Crippen LogP) is 5.62. The fourth-order valence-corrected chi connectivity index (χ4v) is 5.71. The second-order valence-corrected chi connectivity index (χ2v) is 9.95. The Kier molecular flexibility index (Phi) is 6.23. The number of likely N-dealkylation sites (N-methyl/N-ethyl adjacent to an activating group) is 1. The van der Waals surface area contributed by atoms with Gasteiger partial charge in [-0.05, 0) is 62.6 Å². The SMILES string of the molecule is CN1CCN([C@H]2CC[C@@H](n3cc(-c4ccc(Oc5ccccc5)cc4)c4cncnc43)CC2)CC1. The number of ether oxygens (including phenoxy) is 1. The van der Waals surface area contributed by atoms with Crippen molar-refractivity contribution >= 4 is 11.0 Å². The Morgan fingerprint density at radius 2 is 1.49 bits per heavy atom. The van der Waals surface area contributed by atoms with Crippen LogP contribution in [0.2, 0.25) is 0 Å². The van der Waals surface area contributed by atoms with Crippen LogP contribution >= 0.6 is 0 Å². The number of hydrogen-bond acceptors (Lipinski definition) is 5. The van der Waals surface area contributed by atoms with E-state index in [-0.39, 0.29) is 0 Å². The van der Waals surface area contributed by atoms with Gasteiger partial charge in [-0.3, -0.25) is 4.90 Å². The molecule has 0 unspecified atom stereocenters. The van der Waals surface area contributed by atoms with Crippen molar-refractivity contribution in [1.29, 1.82) is 0 Å². The van der Waals surface area contributed by atoms with E-state index < -0.39 is 0 Å². The minimum absolute atomic E-state index is 0.491. The molecule has 1 saturated carbocycles. The molecule has 6 heteroatoms. The third kappa shape index (κ3) is 4.68. The molecule has 1 saturated heterocycles. The zero-order valence-corrected chi connectivity index (χ0v) is 20.4. The quantitative estimate of drug-likeness (QED) is 0.381. The number of fused-ring (bicyclic) bond motifs is 1. The van der Waals surface area contributed by atoms with Gasteiger partial charge in [0, 0.05) is 61.6 Å². The molecule has 1 aliphatic carbocycles. The highest BCUT2D eigenvalue weighted by Crippen LogP contribution is 2.38. The van der Waals surface area contributed by atoms with Crippen molar-refractivity contribution in [3.05, 3.63) is 73.3 Å². The average Bonchev–Trinajstić information content (AvgIpc) is 3.30. The summed E-state index contributed by atoms with van der Waals surface area (Å²) >= 11 is 0. The van der Waals surface area contributed by atoms with Gasteiger partial charge in [0.1, 0.15) is 23.5 Å². The average molecular weight is 468 g/mol. The Hall–Kier alpha value is -3.22. The Bertz CT molecular complexity index is 1250. The molecule has 180 valence electrons. The zero-order chi connectivity index (χ0) is 23.6. The topological polar surface area (TPSA) is 46.4 Å². The lowest BCUT2D eigenvalue weighted by Crippen LogP contribution is -2.49. The van der Waals surface area contributed by atoms with Gasteiger partial charge in [0.05, 0.1) is 0 Å². The summed E-state index contributed by atoms with van der Waals surface area (Å²) in [5.74, 6) is 1.68. The summed E-state index contributed by atoms with van der Waals surface area (Å²) in [6, 6.07) is 19.5. The lowest BCUT2D eigenvalue weighted by molar-refractivity contribution is 0.0828. The zero-order valence-electron chi connectivity index (χ0n) is 20.4. The second kappa shape index (κ2) is 9.80. The number of benzene rings is 2. The molecule has 0 N–H and O–H groups in total. The highest BCUT2D eigenvalue weighted by Gasteiger charge is 2.29. The summed E-state index contributed by atoms with van der Waals surface area (Å²) in [4.78, 5) is 14.2. The minimum Gasteiger partial charge on any atom is -0.457 e. The highest BCUT2D eigenvalue weighted by atomic mass is 16.5. The summed E-state index contributed by atoms with van der Waals surface area (Å²) in [7, 11) is 2.23. The summed E-state index contributed by atoms with van der Waals surface area (Å²) in [5.41, 5.74) is 3.39. The van der Waals surface area contributed by atoms with E-state index in [2.05, 4.69) is 44.7 Å². The minimum atomic E-state index is 0.491. The molecule has 6 rings (SSSR count). The van der Waals surface area contributed by atoms with Crippen molar-refractivity contribution < 1.29 is 4.74 Å². The monoisotopic (exact) mass is 467 g/mol. The first-order valence-electron chi connectivity index (χ1n) is 12.8. The molecule has 0 radical (unpaired) electrons. The maximum atomic E-state index is 5.99. The molecular formula is C29H33N5O. The van der Waals surface area contributed by atoms with Crippen LogP contribution in [0.25, 0.3) is 22.2 Å². The fraction of sp³-hybridized carbons (Fsp3) is 0.379. The van der Waals surface area contributed by atoms with Crippen LogP contribution in [0.5, 0.6) is 11.5 Å². The Balaban J connectivity index is 1.21. The number of piperazine rings is 1. The van der Waals surface area contributed by atoms with E-state index in [1.807, 2.05) is 48.7 Å². The number of aromatic nitrogens is 3. The predicted molar refractivity (Wildman–Crippen MR) is 140 cm³/mol. The van der Waals surface area contributed by atoms with E-state index in [4.69, 9.17) is 9.72 Å². The van der Waals surface area contributed by atoms with Crippen LogP contribution in [-0.2, 0) is 0 Å². The van der Waals surface area contributed by atoms with Crippen LogP contribution in [0.3, 0.4) is 0 Å². The van der Waals surface area contributed by atoms with Gasteiger partial charge < -0.3 is 14.2 Å². The van der Waals surface area contributed by atoms with Crippen LogP contribution in [0.4, 0.5) is 0 Å². The van der Waals surface area contributed by atoms with Gasteiger partial charge >= 0.3 is 0 Å². The summed E-state index contributed by atoms with van der Waals surface area (Å²) < 4.78 is 8.40. The second-order valence-electron chi connectivity index (χ2n) is 9.95. The first-order chi connectivity index (χ1) is 17.2. The van der Waals surface area contributed by atoms with Crippen LogP contribution in [0, 0.1) is 0 Å². The van der Waals surface area contributed by atoms with E-state index in [0.29, 0.717) is 6.04 Å². The Labute approximate surface area is 207 Å². The molecule has 0 atom stereocenters. The van der Waals surface area contributed by atoms with Gasteiger partial charge in [0.15, 0.2) is 0 Å². The molecule has 0 bridgehead atoms. The summed E-state index contributed by atoms with van der Waals surface area (Å²) in [6.07, 6.45) is 10.9. The number of para-hydroxylation sites is 1. The van der Waals surface area contributed by atoms with E-state index in [9.17, 15) is 0 Å². The standard InChI is InChI=1S/C29H33N5O/c1-32-15-17-33(18-16-32)23-9-11-24(12-10-23)34-20-28(27-19-30-21-31-29(27)34)22-7-13-26(14-8-22)35-25-5-3-2-4-6-25/h2-8,13-14,19-21,23-24H,9-12,15-18H2,1H3/t23-,24+. The van der Waals surface area contributed by atoms with Gasteiger partial charge in [-0.1, -0.05) is 30.3 Å². The fourth-order valence-electron chi connectivity index (χ4n) is 5.71. The molecule has 1 aliphatic heterocycles. The molecule has 35 heavy (non-hydrogen) atoms. The van der Waals surface area contributed by atoms with E-state index >= 15 is 0 Å². The summed E-state index contributed by atoms with van der Waals surface area (Å²) in [6.45, 7) is 4.80. The van der Waals surface area contributed by atoms with E-state index in [1.54, 1.807) is 6.33 Å². The molecule has 3 heterocycles. The smallest absolute Gasteiger partial charge is 0.144 e. The maximum absolute atomic E-state index is 5.99. The molecular weight excluding hydrogens is 434 g/mol. The van der Waals surface area contributed by atoms with Crippen LogP contribution in [-0.4, -0.2) is 63.6 Å². The molecule has 2 aliphatic rings. The van der Waals surface area contributed by atoms with Crippen molar-refractivity contribution in [2.24, 2.45) is 0 Å². The van der Waals surface area contributed by atoms with Gasteiger partial charge in [-0.2, -0.15) is 0 Å². The molecule has 4 aromatic rings. The normalized spacial score (nSPS) is 21.9. The molecule has 0 amide bonds. The van der Waals surface area contributed by atoms with Gasteiger partial charge in [-0.25, -0.2) is 9.97 Å².